The molecule has 0 amide bonds. The van der Waals surface area contributed by atoms with E-state index >= 15 is 0 Å². The highest BCUT2D eigenvalue weighted by Crippen LogP contribution is 2.27. The number of ether oxygens (including phenoxy) is 1. The highest BCUT2D eigenvalue weighted by atomic mass is 16.5. The van der Waals surface area contributed by atoms with Crippen molar-refractivity contribution < 1.29 is 9.26 Å². The fourth-order valence-corrected chi connectivity index (χ4v) is 2.19. The number of aromatic nitrogens is 3. The van der Waals surface area contributed by atoms with Gasteiger partial charge in [-0.05, 0) is 27.2 Å². The summed E-state index contributed by atoms with van der Waals surface area (Å²) in [5.74, 6) is 2.13. The molecule has 0 aliphatic carbocycles. The standard InChI is InChI=1S/C14H20N4O2/c1-5-11(14-9(3)18-20-10(14)4)17-12-7-13(19-6-2)16-8-15-12/h7-8,11H,5-6H2,1-4H3,(H,15,16,17)/t11-/m0/s1. The van der Waals surface area contributed by atoms with Crippen LogP contribution in [-0.2, 0) is 0 Å². The van der Waals surface area contributed by atoms with Gasteiger partial charge in [0.2, 0.25) is 5.88 Å². The molecule has 0 radical (unpaired) electrons. The molecule has 6 heteroatoms. The second-order valence-corrected chi connectivity index (χ2v) is 4.52. The van der Waals surface area contributed by atoms with Crippen LogP contribution in [0.15, 0.2) is 16.9 Å². The van der Waals surface area contributed by atoms with Gasteiger partial charge in [0, 0.05) is 11.6 Å². The monoisotopic (exact) mass is 276 g/mol. The van der Waals surface area contributed by atoms with Crippen LogP contribution < -0.4 is 10.1 Å². The quantitative estimate of drug-likeness (QED) is 0.874. The van der Waals surface area contributed by atoms with Crippen molar-refractivity contribution in [3.63, 3.8) is 0 Å². The number of aryl methyl sites for hydroxylation is 2. The molecule has 0 spiro atoms. The highest BCUT2D eigenvalue weighted by Gasteiger charge is 2.19. The van der Waals surface area contributed by atoms with Gasteiger partial charge in [-0.15, -0.1) is 0 Å². The van der Waals surface area contributed by atoms with Crippen LogP contribution in [0.1, 0.15) is 43.3 Å². The Morgan fingerprint density at radius 2 is 2.10 bits per heavy atom. The lowest BCUT2D eigenvalue weighted by atomic mass is 10.0. The molecule has 2 aromatic heterocycles. The Bertz CT molecular complexity index is 549. The van der Waals surface area contributed by atoms with Gasteiger partial charge in [-0.25, -0.2) is 9.97 Å². The zero-order valence-electron chi connectivity index (χ0n) is 12.3. The molecule has 2 rings (SSSR count). The summed E-state index contributed by atoms with van der Waals surface area (Å²) in [7, 11) is 0. The Hall–Kier alpha value is -2.11. The smallest absolute Gasteiger partial charge is 0.218 e. The van der Waals surface area contributed by atoms with E-state index in [1.54, 1.807) is 6.07 Å². The highest BCUT2D eigenvalue weighted by molar-refractivity contribution is 5.41. The van der Waals surface area contributed by atoms with Crippen LogP contribution in [-0.4, -0.2) is 21.7 Å². The van der Waals surface area contributed by atoms with Gasteiger partial charge < -0.3 is 14.6 Å². The van der Waals surface area contributed by atoms with Gasteiger partial charge >= 0.3 is 0 Å². The molecular formula is C14H20N4O2. The van der Waals surface area contributed by atoms with Gasteiger partial charge in [0.1, 0.15) is 17.9 Å². The summed E-state index contributed by atoms with van der Waals surface area (Å²) in [5, 5.41) is 7.38. The van der Waals surface area contributed by atoms with E-state index in [9.17, 15) is 0 Å². The van der Waals surface area contributed by atoms with Crippen molar-refractivity contribution in [2.24, 2.45) is 0 Å². The van der Waals surface area contributed by atoms with Gasteiger partial charge in [-0.3, -0.25) is 0 Å². The Morgan fingerprint density at radius 1 is 1.30 bits per heavy atom. The van der Waals surface area contributed by atoms with E-state index in [4.69, 9.17) is 9.26 Å². The van der Waals surface area contributed by atoms with E-state index in [1.807, 2.05) is 20.8 Å². The molecule has 0 bridgehead atoms. The molecular weight excluding hydrogens is 256 g/mol. The van der Waals surface area contributed by atoms with Crippen LogP contribution in [0.5, 0.6) is 5.88 Å². The van der Waals surface area contributed by atoms with Gasteiger partial charge in [0.25, 0.3) is 0 Å². The van der Waals surface area contributed by atoms with E-state index in [0.29, 0.717) is 12.5 Å². The van der Waals surface area contributed by atoms with Crippen LogP contribution in [0.25, 0.3) is 0 Å². The fourth-order valence-electron chi connectivity index (χ4n) is 2.19. The van der Waals surface area contributed by atoms with Gasteiger partial charge in [0.05, 0.1) is 18.3 Å². The molecule has 0 aliphatic heterocycles. The van der Waals surface area contributed by atoms with Crippen LogP contribution in [0.2, 0.25) is 0 Å². The Labute approximate surface area is 118 Å². The lowest BCUT2D eigenvalue weighted by Gasteiger charge is -2.17. The third-order valence-electron chi connectivity index (χ3n) is 3.10. The molecule has 20 heavy (non-hydrogen) atoms. The SMILES string of the molecule is CCOc1cc(N[C@@H](CC)c2c(C)noc2C)ncn1. The topological polar surface area (TPSA) is 73.1 Å². The molecule has 0 fully saturated rings. The van der Waals surface area contributed by atoms with E-state index < -0.39 is 0 Å². The number of rotatable bonds is 6. The maximum Gasteiger partial charge on any atom is 0.218 e. The lowest BCUT2D eigenvalue weighted by molar-refractivity contribution is 0.326. The van der Waals surface area contributed by atoms with E-state index in [0.717, 1.165) is 29.3 Å². The predicted molar refractivity (Wildman–Crippen MR) is 75.8 cm³/mol. The third kappa shape index (κ3) is 3.07. The first-order valence-electron chi connectivity index (χ1n) is 6.79. The molecule has 108 valence electrons. The third-order valence-corrected chi connectivity index (χ3v) is 3.10. The summed E-state index contributed by atoms with van der Waals surface area (Å²) in [5.41, 5.74) is 1.99. The van der Waals surface area contributed by atoms with Crippen LogP contribution in [0, 0.1) is 13.8 Å². The zero-order chi connectivity index (χ0) is 14.5. The van der Waals surface area contributed by atoms with Crippen LogP contribution in [0.3, 0.4) is 0 Å². The van der Waals surface area contributed by atoms with Crippen molar-refractivity contribution >= 4 is 5.82 Å². The van der Waals surface area contributed by atoms with Crippen molar-refractivity contribution in [2.75, 3.05) is 11.9 Å². The molecule has 6 nitrogen and oxygen atoms in total. The lowest BCUT2D eigenvalue weighted by Crippen LogP contribution is -2.12. The molecule has 2 heterocycles. The van der Waals surface area contributed by atoms with Crippen molar-refractivity contribution in [1.82, 2.24) is 15.1 Å². The number of nitrogens with one attached hydrogen (secondary N) is 1. The normalized spacial score (nSPS) is 12.2. The molecule has 1 atom stereocenters. The summed E-state index contributed by atoms with van der Waals surface area (Å²) < 4.78 is 10.6. The number of hydrogen-bond donors (Lipinski definition) is 1. The Balaban J connectivity index is 2.20. The summed E-state index contributed by atoms with van der Waals surface area (Å²) in [6.07, 6.45) is 2.39. The minimum Gasteiger partial charge on any atom is -0.478 e. The molecule has 0 aliphatic rings. The van der Waals surface area contributed by atoms with Gasteiger partial charge in [-0.2, -0.15) is 0 Å². The Kier molecular flexibility index (Phi) is 4.55. The average Bonchev–Trinajstić information content (AvgIpc) is 2.77. The second-order valence-electron chi connectivity index (χ2n) is 4.52. The van der Waals surface area contributed by atoms with Crippen molar-refractivity contribution in [1.29, 1.82) is 0 Å². The van der Waals surface area contributed by atoms with Crippen LogP contribution in [0.4, 0.5) is 5.82 Å². The molecule has 0 aromatic carbocycles. The summed E-state index contributed by atoms with van der Waals surface area (Å²) in [4.78, 5) is 8.28. The first-order valence-corrected chi connectivity index (χ1v) is 6.79. The fraction of sp³-hybridized carbons (Fsp3) is 0.500. The molecule has 1 N–H and O–H groups in total. The summed E-state index contributed by atoms with van der Waals surface area (Å²) in [6, 6.07) is 1.90. The van der Waals surface area contributed by atoms with E-state index in [1.165, 1.54) is 6.33 Å². The molecule has 0 saturated carbocycles. The maximum atomic E-state index is 5.38. The minimum atomic E-state index is 0.102. The van der Waals surface area contributed by atoms with Gasteiger partial charge in [-0.1, -0.05) is 12.1 Å². The van der Waals surface area contributed by atoms with E-state index in [2.05, 4.69) is 27.4 Å². The molecule has 2 aromatic rings. The minimum absolute atomic E-state index is 0.102. The summed E-state index contributed by atoms with van der Waals surface area (Å²) in [6.45, 7) is 8.48. The number of nitrogens with zero attached hydrogens (tertiary/aromatic N) is 3. The number of anilines is 1. The van der Waals surface area contributed by atoms with E-state index in [-0.39, 0.29) is 6.04 Å². The Morgan fingerprint density at radius 3 is 2.70 bits per heavy atom. The van der Waals surface area contributed by atoms with Crippen molar-refractivity contribution in [3.8, 4) is 5.88 Å². The largest absolute Gasteiger partial charge is 0.478 e. The molecule has 0 unspecified atom stereocenters. The van der Waals surface area contributed by atoms with Crippen LogP contribution >= 0.6 is 0 Å². The maximum absolute atomic E-state index is 5.38. The predicted octanol–water partition coefficient (Wildman–Crippen LogP) is 3.04. The van der Waals surface area contributed by atoms with Gasteiger partial charge in [0.15, 0.2) is 0 Å². The van der Waals surface area contributed by atoms with Crippen molar-refractivity contribution in [2.45, 2.75) is 40.2 Å². The number of hydrogen-bond acceptors (Lipinski definition) is 6. The summed E-state index contributed by atoms with van der Waals surface area (Å²) >= 11 is 0. The molecule has 0 saturated heterocycles. The second kappa shape index (κ2) is 6.36. The zero-order valence-corrected chi connectivity index (χ0v) is 12.3. The average molecular weight is 276 g/mol. The first-order chi connectivity index (χ1) is 9.65. The first kappa shape index (κ1) is 14.3. The van der Waals surface area contributed by atoms with Crippen molar-refractivity contribution in [3.05, 3.63) is 29.4 Å².